The molecule has 0 aliphatic carbocycles. The van der Waals surface area contributed by atoms with Gasteiger partial charge in [0.15, 0.2) is 0 Å². The molecule has 6 nitrogen and oxygen atoms in total. The third-order valence-electron chi connectivity index (χ3n) is 2.79. The predicted molar refractivity (Wildman–Crippen MR) is 80.4 cm³/mol. The van der Waals surface area contributed by atoms with Crippen molar-refractivity contribution in [3.05, 3.63) is 38.3 Å². The van der Waals surface area contributed by atoms with Crippen LogP contribution in [0.2, 0.25) is 0 Å². The van der Waals surface area contributed by atoms with Crippen molar-refractivity contribution in [3.63, 3.8) is 0 Å². The van der Waals surface area contributed by atoms with Crippen molar-refractivity contribution >= 4 is 27.5 Å². The van der Waals surface area contributed by atoms with Gasteiger partial charge in [0.2, 0.25) is 5.91 Å². The quantitative estimate of drug-likeness (QED) is 0.587. The number of carbonyl (C=O) groups is 1. The highest BCUT2D eigenvalue weighted by Gasteiger charge is 2.13. The van der Waals surface area contributed by atoms with Crippen LogP contribution in [0.4, 0.5) is 5.69 Å². The smallest absolute Gasteiger partial charge is 0.270 e. The molecule has 0 aliphatic heterocycles. The van der Waals surface area contributed by atoms with Crippen molar-refractivity contribution in [1.82, 2.24) is 10.6 Å². The lowest BCUT2D eigenvalue weighted by Crippen LogP contribution is -2.42. The highest BCUT2D eigenvalue weighted by molar-refractivity contribution is 9.10. The summed E-state index contributed by atoms with van der Waals surface area (Å²) in [5, 5.41) is 16.5. The largest absolute Gasteiger partial charge is 0.355 e. The molecule has 20 heavy (non-hydrogen) atoms. The molecule has 1 amide bonds. The van der Waals surface area contributed by atoms with E-state index < -0.39 is 4.92 Å². The SMILES string of the molecule is CCCNC(=O)C(C)NCc1ccc([N+](=O)[O-])cc1Br. The van der Waals surface area contributed by atoms with Crippen molar-refractivity contribution < 1.29 is 9.72 Å². The van der Waals surface area contributed by atoms with Crippen LogP contribution in [0.25, 0.3) is 0 Å². The van der Waals surface area contributed by atoms with E-state index in [-0.39, 0.29) is 17.6 Å². The molecule has 1 aromatic carbocycles. The number of benzene rings is 1. The molecular weight excluding hydrogens is 326 g/mol. The first-order chi connectivity index (χ1) is 9.45. The van der Waals surface area contributed by atoms with Crippen LogP contribution in [0.3, 0.4) is 0 Å². The van der Waals surface area contributed by atoms with Gasteiger partial charge in [-0.15, -0.1) is 0 Å². The van der Waals surface area contributed by atoms with Crippen LogP contribution in [0.1, 0.15) is 25.8 Å². The lowest BCUT2D eigenvalue weighted by molar-refractivity contribution is -0.384. The van der Waals surface area contributed by atoms with E-state index in [1.54, 1.807) is 13.0 Å². The number of hydrogen-bond donors (Lipinski definition) is 2. The number of nitrogens with zero attached hydrogens (tertiary/aromatic N) is 1. The Morgan fingerprint density at radius 3 is 2.75 bits per heavy atom. The van der Waals surface area contributed by atoms with Crippen LogP contribution in [0, 0.1) is 10.1 Å². The summed E-state index contributed by atoms with van der Waals surface area (Å²) in [7, 11) is 0. The highest BCUT2D eigenvalue weighted by atomic mass is 79.9. The Kier molecular flexibility index (Phi) is 6.60. The molecule has 2 N–H and O–H groups in total. The summed E-state index contributed by atoms with van der Waals surface area (Å²) >= 11 is 3.30. The first kappa shape index (κ1) is 16.6. The van der Waals surface area contributed by atoms with Crippen LogP contribution in [0.5, 0.6) is 0 Å². The highest BCUT2D eigenvalue weighted by Crippen LogP contribution is 2.22. The van der Waals surface area contributed by atoms with Gasteiger partial charge in [-0.2, -0.15) is 0 Å². The molecule has 1 atom stereocenters. The zero-order chi connectivity index (χ0) is 15.1. The van der Waals surface area contributed by atoms with Crippen LogP contribution < -0.4 is 10.6 Å². The fourth-order valence-electron chi connectivity index (χ4n) is 1.55. The van der Waals surface area contributed by atoms with Crippen molar-refractivity contribution in [2.75, 3.05) is 6.54 Å². The Morgan fingerprint density at radius 2 is 2.20 bits per heavy atom. The van der Waals surface area contributed by atoms with Gasteiger partial charge in [0.05, 0.1) is 11.0 Å². The number of hydrogen-bond acceptors (Lipinski definition) is 4. The van der Waals surface area contributed by atoms with Gasteiger partial charge in [-0.25, -0.2) is 0 Å². The summed E-state index contributed by atoms with van der Waals surface area (Å²) in [6.45, 7) is 4.89. The molecule has 1 aromatic rings. The van der Waals surface area contributed by atoms with E-state index in [1.807, 2.05) is 6.92 Å². The third-order valence-corrected chi connectivity index (χ3v) is 3.53. The van der Waals surface area contributed by atoms with Gasteiger partial charge >= 0.3 is 0 Å². The van der Waals surface area contributed by atoms with E-state index in [2.05, 4.69) is 26.6 Å². The molecule has 0 spiro atoms. The number of carbonyl (C=O) groups excluding carboxylic acids is 1. The van der Waals surface area contributed by atoms with E-state index in [0.29, 0.717) is 17.6 Å². The van der Waals surface area contributed by atoms with Gasteiger partial charge in [-0.05, 0) is 25.0 Å². The van der Waals surface area contributed by atoms with Gasteiger partial charge in [0, 0.05) is 29.7 Å². The number of nitrogens with one attached hydrogen (secondary N) is 2. The van der Waals surface area contributed by atoms with Crippen molar-refractivity contribution in [2.24, 2.45) is 0 Å². The summed E-state index contributed by atoms with van der Waals surface area (Å²) in [6.07, 6.45) is 0.895. The van der Waals surface area contributed by atoms with Crippen LogP contribution in [-0.4, -0.2) is 23.4 Å². The number of halogens is 1. The molecule has 7 heteroatoms. The molecular formula is C13H18BrN3O3. The fourth-order valence-corrected chi connectivity index (χ4v) is 2.06. The predicted octanol–water partition coefficient (Wildman–Crippen LogP) is 2.36. The summed E-state index contributed by atoms with van der Waals surface area (Å²) < 4.78 is 0.653. The monoisotopic (exact) mass is 343 g/mol. The summed E-state index contributed by atoms with van der Waals surface area (Å²) in [6, 6.07) is 4.26. The maximum Gasteiger partial charge on any atom is 0.270 e. The minimum absolute atomic E-state index is 0.0364. The second kappa shape index (κ2) is 7.96. The average molecular weight is 344 g/mol. The van der Waals surface area contributed by atoms with Gasteiger partial charge in [-0.3, -0.25) is 14.9 Å². The number of amides is 1. The molecule has 0 aliphatic rings. The zero-order valence-electron chi connectivity index (χ0n) is 11.5. The average Bonchev–Trinajstić information content (AvgIpc) is 2.42. The van der Waals surface area contributed by atoms with Gasteiger partial charge in [0.1, 0.15) is 0 Å². The van der Waals surface area contributed by atoms with E-state index in [4.69, 9.17) is 0 Å². The maximum atomic E-state index is 11.7. The molecule has 0 bridgehead atoms. The van der Waals surface area contributed by atoms with E-state index in [0.717, 1.165) is 12.0 Å². The molecule has 0 aromatic heterocycles. The summed E-state index contributed by atoms with van der Waals surface area (Å²) in [5.74, 6) is -0.0510. The Bertz CT molecular complexity index is 494. The molecule has 1 unspecified atom stereocenters. The van der Waals surface area contributed by atoms with Crippen LogP contribution in [-0.2, 0) is 11.3 Å². The summed E-state index contributed by atoms with van der Waals surface area (Å²) in [4.78, 5) is 21.9. The van der Waals surface area contributed by atoms with Crippen molar-refractivity contribution in [1.29, 1.82) is 0 Å². The fraction of sp³-hybridized carbons (Fsp3) is 0.462. The Hall–Kier alpha value is -1.47. The molecule has 0 fully saturated rings. The normalized spacial score (nSPS) is 11.9. The van der Waals surface area contributed by atoms with Gasteiger partial charge < -0.3 is 10.6 Å². The topological polar surface area (TPSA) is 84.3 Å². The molecule has 110 valence electrons. The van der Waals surface area contributed by atoms with Crippen LogP contribution >= 0.6 is 15.9 Å². The number of non-ortho nitro benzene ring substituents is 1. The lowest BCUT2D eigenvalue weighted by atomic mass is 10.2. The van der Waals surface area contributed by atoms with Crippen molar-refractivity contribution in [3.8, 4) is 0 Å². The number of nitro benzene ring substituents is 1. The van der Waals surface area contributed by atoms with E-state index in [1.165, 1.54) is 12.1 Å². The molecule has 0 radical (unpaired) electrons. The first-order valence-electron chi connectivity index (χ1n) is 6.39. The van der Waals surface area contributed by atoms with Crippen molar-refractivity contribution in [2.45, 2.75) is 32.9 Å². The Morgan fingerprint density at radius 1 is 1.50 bits per heavy atom. The number of rotatable bonds is 7. The first-order valence-corrected chi connectivity index (χ1v) is 7.19. The minimum atomic E-state index is -0.442. The third kappa shape index (κ3) is 4.90. The van der Waals surface area contributed by atoms with Gasteiger partial charge in [0.25, 0.3) is 5.69 Å². The van der Waals surface area contributed by atoms with E-state index >= 15 is 0 Å². The second-order valence-corrected chi connectivity index (χ2v) is 5.28. The molecule has 0 heterocycles. The Labute approximate surface area is 126 Å². The molecule has 0 saturated heterocycles. The van der Waals surface area contributed by atoms with Crippen LogP contribution in [0.15, 0.2) is 22.7 Å². The Balaban J connectivity index is 2.57. The second-order valence-electron chi connectivity index (χ2n) is 4.43. The number of nitro groups is 1. The van der Waals surface area contributed by atoms with E-state index in [9.17, 15) is 14.9 Å². The zero-order valence-corrected chi connectivity index (χ0v) is 13.1. The molecule has 1 rings (SSSR count). The maximum absolute atomic E-state index is 11.7. The van der Waals surface area contributed by atoms with Gasteiger partial charge in [-0.1, -0.05) is 22.9 Å². The lowest BCUT2D eigenvalue weighted by Gasteiger charge is -2.14. The standard InChI is InChI=1S/C13H18BrN3O3/c1-3-6-15-13(18)9(2)16-8-10-4-5-11(17(19)20)7-12(10)14/h4-5,7,9,16H,3,6,8H2,1-2H3,(H,15,18). The minimum Gasteiger partial charge on any atom is -0.355 e. The molecule has 0 saturated carbocycles. The summed E-state index contributed by atoms with van der Waals surface area (Å²) in [5.41, 5.74) is 0.903.